The molecule has 0 aliphatic heterocycles. The molecule has 0 atom stereocenters. The lowest BCUT2D eigenvalue weighted by molar-refractivity contribution is 0.551. The minimum Gasteiger partial charge on any atom is -0.312 e. The Hall–Kier alpha value is -1.13. The molecule has 1 N–H and O–H groups in total. The van der Waals surface area contributed by atoms with Crippen molar-refractivity contribution < 1.29 is 0 Å². The molecule has 0 amide bonds. The Labute approximate surface area is 129 Å². The third-order valence-electron chi connectivity index (χ3n) is 3.24. The number of nitrogens with zero attached hydrogens (tertiary/aromatic N) is 2. The number of aromatic nitrogens is 2. The van der Waals surface area contributed by atoms with Crippen LogP contribution in [-0.4, -0.2) is 16.3 Å². The lowest BCUT2D eigenvalue weighted by Gasteiger charge is -2.11. The van der Waals surface area contributed by atoms with Crippen LogP contribution in [0.1, 0.15) is 32.0 Å². The van der Waals surface area contributed by atoms with Gasteiger partial charge in [-0.25, -0.2) is 4.68 Å². The molecule has 3 nitrogen and oxygen atoms in total. The van der Waals surface area contributed by atoms with E-state index in [1.54, 1.807) is 0 Å². The first-order valence-corrected chi connectivity index (χ1v) is 7.94. The summed E-state index contributed by atoms with van der Waals surface area (Å²) in [5.41, 5.74) is 3.65. The Morgan fingerprint density at radius 1 is 1.30 bits per heavy atom. The SMILES string of the molecule is CCc1c(CNCC(C)C)cnn1-c1ccccc1Br. The Balaban J connectivity index is 2.23. The monoisotopic (exact) mass is 335 g/mol. The third kappa shape index (κ3) is 3.49. The number of benzene rings is 1. The number of para-hydroxylation sites is 1. The zero-order valence-electron chi connectivity index (χ0n) is 12.4. The first-order chi connectivity index (χ1) is 9.63. The summed E-state index contributed by atoms with van der Waals surface area (Å²) in [5.74, 6) is 0.665. The first kappa shape index (κ1) is 15.3. The van der Waals surface area contributed by atoms with E-state index in [1.807, 2.05) is 29.1 Å². The summed E-state index contributed by atoms with van der Waals surface area (Å²) in [6, 6.07) is 8.19. The summed E-state index contributed by atoms with van der Waals surface area (Å²) >= 11 is 3.60. The van der Waals surface area contributed by atoms with Gasteiger partial charge in [0.25, 0.3) is 0 Å². The number of rotatable bonds is 6. The molecule has 0 aliphatic carbocycles. The molecule has 108 valence electrons. The summed E-state index contributed by atoms with van der Waals surface area (Å²) in [7, 11) is 0. The summed E-state index contributed by atoms with van der Waals surface area (Å²) in [6.45, 7) is 8.53. The van der Waals surface area contributed by atoms with Crippen LogP contribution >= 0.6 is 15.9 Å². The van der Waals surface area contributed by atoms with E-state index >= 15 is 0 Å². The zero-order valence-corrected chi connectivity index (χ0v) is 13.9. The number of hydrogen-bond donors (Lipinski definition) is 1. The smallest absolute Gasteiger partial charge is 0.0790 e. The molecule has 0 saturated heterocycles. The van der Waals surface area contributed by atoms with Crippen LogP contribution in [0.5, 0.6) is 0 Å². The highest BCUT2D eigenvalue weighted by atomic mass is 79.9. The second-order valence-electron chi connectivity index (χ2n) is 5.36. The molecule has 20 heavy (non-hydrogen) atoms. The van der Waals surface area contributed by atoms with E-state index in [9.17, 15) is 0 Å². The maximum atomic E-state index is 4.56. The van der Waals surface area contributed by atoms with Crippen molar-refractivity contribution in [2.75, 3.05) is 6.54 Å². The van der Waals surface area contributed by atoms with Crippen molar-refractivity contribution in [3.8, 4) is 5.69 Å². The molecule has 0 saturated carbocycles. The predicted molar refractivity (Wildman–Crippen MR) is 87.2 cm³/mol. The third-order valence-corrected chi connectivity index (χ3v) is 3.91. The molecule has 2 aromatic rings. The molecule has 0 bridgehead atoms. The molecular formula is C16H22BrN3. The van der Waals surface area contributed by atoms with E-state index in [4.69, 9.17) is 0 Å². The van der Waals surface area contributed by atoms with E-state index in [1.165, 1.54) is 11.3 Å². The van der Waals surface area contributed by atoms with Gasteiger partial charge < -0.3 is 5.32 Å². The minimum atomic E-state index is 0.665. The van der Waals surface area contributed by atoms with E-state index in [2.05, 4.69) is 53.2 Å². The van der Waals surface area contributed by atoms with Gasteiger partial charge in [0.1, 0.15) is 0 Å². The van der Waals surface area contributed by atoms with E-state index in [0.29, 0.717) is 5.92 Å². The average Bonchev–Trinajstić information content (AvgIpc) is 2.81. The lowest BCUT2D eigenvalue weighted by Crippen LogP contribution is -2.19. The summed E-state index contributed by atoms with van der Waals surface area (Å²) in [5, 5.41) is 8.05. The Morgan fingerprint density at radius 2 is 2.05 bits per heavy atom. The Morgan fingerprint density at radius 3 is 2.70 bits per heavy atom. The number of hydrogen-bond acceptors (Lipinski definition) is 2. The van der Waals surface area contributed by atoms with Gasteiger partial charge in [-0.05, 0) is 46.9 Å². The van der Waals surface area contributed by atoms with Crippen LogP contribution in [0.3, 0.4) is 0 Å². The van der Waals surface area contributed by atoms with Crippen molar-refractivity contribution in [3.63, 3.8) is 0 Å². The highest BCUT2D eigenvalue weighted by Crippen LogP contribution is 2.23. The molecule has 0 radical (unpaired) electrons. The first-order valence-electron chi connectivity index (χ1n) is 7.14. The van der Waals surface area contributed by atoms with Gasteiger partial charge in [0.05, 0.1) is 11.9 Å². The molecule has 0 aliphatic rings. The molecule has 4 heteroatoms. The molecule has 1 aromatic heterocycles. The van der Waals surface area contributed by atoms with Crippen LogP contribution in [0, 0.1) is 5.92 Å². The maximum absolute atomic E-state index is 4.56. The van der Waals surface area contributed by atoms with E-state index in [-0.39, 0.29) is 0 Å². The van der Waals surface area contributed by atoms with Crippen LogP contribution in [-0.2, 0) is 13.0 Å². The van der Waals surface area contributed by atoms with Gasteiger partial charge in [-0.2, -0.15) is 5.10 Å². The quantitative estimate of drug-likeness (QED) is 0.866. The molecule has 0 spiro atoms. The highest BCUT2D eigenvalue weighted by molar-refractivity contribution is 9.10. The molecule has 1 aromatic carbocycles. The van der Waals surface area contributed by atoms with Crippen LogP contribution in [0.15, 0.2) is 34.9 Å². The van der Waals surface area contributed by atoms with Crippen LogP contribution < -0.4 is 5.32 Å². The molecule has 0 fully saturated rings. The number of halogens is 1. The van der Waals surface area contributed by atoms with E-state index in [0.717, 1.165) is 29.7 Å². The largest absolute Gasteiger partial charge is 0.312 e. The van der Waals surface area contributed by atoms with Crippen molar-refractivity contribution in [2.45, 2.75) is 33.7 Å². The van der Waals surface area contributed by atoms with Crippen molar-refractivity contribution in [3.05, 3.63) is 46.2 Å². The van der Waals surface area contributed by atoms with Gasteiger partial charge in [-0.15, -0.1) is 0 Å². The van der Waals surface area contributed by atoms with E-state index < -0.39 is 0 Å². The van der Waals surface area contributed by atoms with Crippen LogP contribution in [0.2, 0.25) is 0 Å². The average molecular weight is 336 g/mol. The van der Waals surface area contributed by atoms with Gasteiger partial charge in [0.2, 0.25) is 0 Å². The second kappa shape index (κ2) is 7.04. The normalized spacial score (nSPS) is 11.2. The summed E-state index contributed by atoms with van der Waals surface area (Å²) < 4.78 is 3.11. The Bertz CT molecular complexity index is 561. The van der Waals surface area contributed by atoms with Gasteiger partial charge in [0.15, 0.2) is 0 Å². The van der Waals surface area contributed by atoms with Gasteiger partial charge >= 0.3 is 0 Å². The van der Waals surface area contributed by atoms with Crippen molar-refractivity contribution in [1.29, 1.82) is 0 Å². The standard InChI is InChI=1S/C16H22BrN3/c1-4-15-13(10-18-9-12(2)3)11-19-20(15)16-8-6-5-7-14(16)17/h5-8,11-12,18H,4,9-10H2,1-3H3. The minimum absolute atomic E-state index is 0.665. The Kier molecular flexibility index (Phi) is 5.38. The fourth-order valence-electron chi connectivity index (χ4n) is 2.26. The molecule has 0 unspecified atom stereocenters. The maximum Gasteiger partial charge on any atom is 0.0790 e. The molecular weight excluding hydrogens is 314 g/mol. The second-order valence-corrected chi connectivity index (χ2v) is 6.21. The van der Waals surface area contributed by atoms with Gasteiger partial charge in [-0.3, -0.25) is 0 Å². The zero-order chi connectivity index (χ0) is 14.5. The lowest BCUT2D eigenvalue weighted by atomic mass is 10.2. The predicted octanol–water partition coefficient (Wildman–Crippen LogP) is 3.94. The van der Waals surface area contributed by atoms with Gasteiger partial charge in [0, 0.05) is 22.3 Å². The highest BCUT2D eigenvalue weighted by Gasteiger charge is 2.12. The van der Waals surface area contributed by atoms with Crippen molar-refractivity contribution >= 4 is 15.9 Å². The fourth-order valence-corrected chi connectivity index (χ4v) is 2.71. The summed E-state index contributed by atoms with van der Waals surface area (Å²) in [4.78, 5) is 0. The number of nitrogens with one attached hydrogen (secondary N) is 1. The van der Waals surface area contributed by atoms with Crippen LogP contribution in [0.25, 0.3) is 5.69 Å². The van der Waals surface area contributed by atoms with Crippen LogP contribution in [0.4, 0.5) is 0 Å². The van der Waals surface area contributed by atoms with Crippen molar-refractivity contribution in [2.24, 2.45) is 5.92 Å². The molecule has 1 heterocycles. The summed E-state index contributed by atoms with van der Waals surface area (Å²) in [6.07, 6.45) is 2.95. The fraction of sp³-hybridized carbons (Fsp3) is 0.438. The topological polar surface area (TPSA) is 29.9 Å². The molecule has 2 rings (SSSR count). The van der Waals surface area contributed by atoms with Crippen molar-refractivity contribution in [1.82, 2.24) is 15.1 Å². The van der Waals surface area contributed by atoms with Gasteiger partial charge in [-0.1, -0.05) is 32.9 Å².